The standard InChI is InChI=1S/C13H19N3O/c1-9-8-11(16-15-9)14-12(17)13(6-3-7-13)10-4-2-5-10/h8,10H,2-7H2,1H3,(H2,14,15,16,17). The Kier molecular flexibility index (Phi) is 2.45. The summed E-state index contributed by atoms with van der Waals surface area (Å²) >= 11 is 0. The summed E-state index contributed by atoms with van der Waals surface area (Å²) < 4.78 is 0. The summed E-state index contributed by atoms with van der Waals surface area (Å²) in [6.07, 6.45) is 7.07. The van der Waals surface area contributed by atoms with E-state index in [4.69, 9.17) is 0 Å². The minimum Gasteiger partial charge on any atom is -0.309 e. The van der Waals surface area contributed by atoms with Gasteiger partial charge < -0.3 is 5.32 Å². The van der Waals surface area contributed by atoms with E-state index in [9.17, 15) is 4.79 Å². The number of rotatable bonds is 3. The highest BCUT2D eigenvalue weighted by Crippen LogP contribution is 2.54. The Balaban J connectivity index is 1.72. The van der Waals surface area contributed by atoms with Crippen LogP contribution in [0.15, 0.2) is 6.07 Å². The Bertz CT molecular complexity index is 430. The average Bonchev–Trinajstić information content (AvgIpc) is 2.53. The van der Waals surface area contributed by atoms with E-state index in [0.29, 0.717) is 11.7 Å². The first-order valence-electron chi connectivity index (χ1n) is 6.54. The lowest BCUT2D eigenvalue weighted by Crippen LogP contribution is -2.49. The number of hydrogen-bond donors (Lipinski definition) is 2. The Hall–Kier alpha value is -1.32. The number of H-pyrrole nitrogens is 1. The van der Waals surface area contributed by atoms with Crippen molar-refractivity contribution in [1.29, 1.82) is 0 Å². The smallest absolute Gasteiger partial charge is 0.232 e. The summed E-state index contributed by atoms with van der Waals surface area (Å²) in [5.74, 6) is 1.48. The van der Waals surface area contributed by atoms with Crippen molar-refractivity contribution in [2.45, 2.75) is 45.4 Å². The molecule has 2 saturated carbocycles. The van der Waals surface area contributed by atoms with Crippen LogP contribution in [-0.4, -0.2) is 16.1 Å². The van der Waals surface area contributed by atoms with Gasteiger partial charge in [0.05, 0.1) is 5.41 Å². The molecule has 0 atom stereocenters. The van der Waals surface area contributed by atoms with Crippen molar-refractivity contribution >= 4 is 11.7 Å². The van der Waals surface area contributed by atoms with E-state index < -0.39 is 0 Å². The molecule has 1 aromatic heterocycles. The van der Waals surface area contributed by atoms with Gasteiger partial charge in [0, 0.05) is 11.8 Å². The minimum absolute atomic E-state index is 0.0644. The zero-order valence-corrected chi connectivity index (χ0v) is 10.3. The largest absolute Gasteiger partial charge is 0.309 e. The third-order valence-corrected chi connectivity index (χ3v) is 4.53. The molecule has 2 aliphatic rings. The quantitative estimate of drug-likeness (QED) is 0.843. The van der Waals surface area contributed by atoms with Crippen molar-refractivity contribution in [2.24, 2.45) is 11.3 Å². The van der Waals surface area contributed by atoms with Gasteiger partial charge in [0.1, 0.15) is 0 Å². The van der Waals surface area contributed by atoms with Crippen LogP contribution in [-0.2, 0) is 4.79 Å². The van der Waals surface area contributed by atoms with Gasteiger partial charge in [-0.15, -0.1) is 0 Å². The van der Waals surface area contributed by atoms with Crippen LogP contribution >= 0.6 is 0 Å². The zero-order chi connectivity index (χ0) is 11.9. The number of aryl methyl sites for hydroxylation is 1. The van der Waals surface area contributed by atoms with Crippen molar-refractivity contribution in [2.75, 3.05) is 5.32 Å². The molecule has 0 unspecified atom stereocenters. The van der Waals surface area contributed by atoms with Crippen LogP contribution < -0.4 is 5.32 Å². The predicted octanol–water partition coefficient (Wildman–Crippen LogP) is 2.63. The van der Waals surface area contributed by atoms with Crippen LogP contribution in [0.2, 0.25) is 0 Å². The minimum atomic E-state index is -0.0644. The first-order chi connectivity index (χ1) is 8.21. The van der Waals surface area contributed by atoms with Crippen LogP contribution in [0.1, 0.15) is 44.2 Å². The monoisotopic (exact) mass is 233 g/mol. The Morgan fingerprint density at radius 1 is 1.47 bits per heavy atom. The molecular weight excluding hydrogens is 214 g/mol. The van der Waals surface area contributed by atoms with E-state index in [1.54, 1.807) is 0 Å². The molecule has 3 rings (SSSR count). The number of carbonyl (C=O) groups excluding carboxylic acids is 1. The molecule has 17 heavy (non-hydrogen) atoms. The van der Waals surface area contributed by atoms with Gasteiger partial charge in [-0.1, -0.05) is 12.8 Å². The number of nitrogens with one attached hydrogen (secondary N) is 2. The van der Waals surface area contributed by atoms with Gasteiger partial charge in [0.2, 0.25) is 5.91 Å². The molecule has 2 aliphatic carbocycles. The SMILES string of the molecule is Cc1cc(NC(=O)C2(C3CCC3)CCC2)n[nH]1. The van der Waals surface area contributed by atoms with Crippen molar-refractivity contribution in [3.8, 4) is 0 Å². The number of aromatic amines is 1. The van der Waals surface area contributed by atoms with Gasteiger partial charge >= 0.3 is 0 Å². The maximum atomic E-state index is 12.4. The molecule has 4 heteroatoms. The number of hydrogen-bond acceptors (Lipinski definition) is 2. The highest BCUT2D eigenvalue weighted by molar-refractivity contribution is 5.95. The zero-order valence-electron chi connectivity index (χ0n) is 10.3. The molecule has 1 heterocycles. The van der Waals surface area contributed by atoms with E-state index in [0.717, 1.165) is 18.5 Å². The van der Waals surface area contributed by atoms with Gasteiger partial charge in [0.25, 0.3) is 0 Å². The van der Waals surface area contributed by atoms with Crippen molar-refractivity contribution in [3.05, 3.63) is 11.8 Å². The molecule has 0 saturated heterocycles. The molecule has 1 aromatic rings. The average molecular weight is 233 g/mol. The maximum absolute atomic E-state index is 12.4. The van der Waals surface area contributed by atoms with E-state index in [1.807, 2.05) is 13.0 Å². The Morgan fingerprint density at radius 2 is 2.24 bits per heavy atom. The number of aromatic nitrogens is 2. The van der Waals surface area contributed by atoms with Crippen LogP contribution in [0.25, 0.3) is 0 Å². The molecule has 0 bridgehead atoms. The maximum Gasteiger partial charge on any atom is 0.232 e. The fourth-order valence-electron chi connectivity index (χ4n) is 3.06. The van der Waals surface area contributed by atoms with E-state index in [2.05, 4.69) is 15.5 Å². The number of nitrogens with zero attached hydrogens (tertiary/aromatic N) is 1. The Morgan fingerprint density at radius 3 is 2.65 bits per heavy atom. The highest BCUT2D eigenvalue weighted by atomic mass is 16.2. The van der Waals surface area contributed by atoms with Gasteiger partial charge in [-0.05, 0) is 38.5 Å². The van der Waals surface area contributed by atoms with Gasteiger partial charge in [-0.2, -0.15) is 5.10 Å². The summed E-state index contributed by atoms with van der Waals surface area (Å²) in [4.78, 5) is 12.4. The molecule has 1 amide bonds. The van der Waals surface area contributed by atoms with Crippen molar-refractivity contribution < 1.29 is 4.79 Å². The summed E-state index contributed by atoms with van der Waals surface area (Å²) in [5.41, 5.74) is 0.914. The van der Waals surface area contributed by atoms with Crippen LogP contribution in [0.4, 0.5) is 5.82 Å². The summed E-state index contributed by atoms with van der Waals surface area (Å²) in [6.45, 7) is 1.94. The fraction of sp³-hybridized carbons (Fsp3) is 0.692. The lowest BCUT2D eigenvalue weighted by molar-refractivity contribution is -0.138. The molecule has 0 radical (unpaired) electrons. The molecule has 0 aliphatic heterocycles. The molecule has 2 N–H and O–H groups in total. The van der Waals surface area contributed by atoms with Gasteiger partial charge in [-0.3, -0.25) is 9.89 Å². The van der Waals surface area contributed by atoms with E-state index >= 15 is 0 Å². The predicted molar refractivity (Wildman–Crippen MR) is 65.6 cm³/mol. The second-order valence-corrected chi connectivity index (χ2v) is 5.53. The molecule has 0 aromatic carbocycles. The molecular formula is C13H19N3O. The van der Waals surface area contributed by atoms with Gasteiger partial charge in [-0.25, -0.2) is 0 Å². The van der Waals surface area contributed by atoms with E-state index in [-0.39, 0.29) is 11.3 Å². The van der Waals surface area contributed by atoms with Crippen LogP contribution in [0.5, 0.6) is 0 Å². The van der Waals surface area contributed by atoms with E-state index in [1.165, 1.54) is 25.7 Å². The number of amides is 1. The first-order valence-corrected chi connectivity index (χ1v) is 6.54. The third kappa shape index (κ3) is 1.66. The van der Waals surface area contributed by atoms with Crippen LogP contribution in [0, 0.1) is 18.3 Å². The van der Waals surface area contributed by atoms with Crippen LogP contribution in [0.3, 0.4) is 0 Å². The molecule has 2 fully saturated rings. The fourth-order valence-corrected chi connectivity index (χ4v) is 3.06. The highest BCUT2D eigenvalue weighted by Gasteiger charge is 2.51. The topological polar surface area (TPSA) is 57.8 Å². The number of carbonyl (C=O) groups is 1. The summed E-state index contributed by atoms with van der Waals surface area (Å²) in [5, 5.41) is 9.90. The molecule has 0 spiro atoms. The second-order valence-electron chi connectivity index (χ2n) is 5.53. The second kappa shape index (κ2) is 3.86. The van der Waals surface area contributed by atoms with Crippen molar-refractivity contribution in [3.63, 3.8) is 0 Å². The lowest BCUT2D eigenvalue weighted by atomic mass is 9.54. The van der Waals surface area contributed by atoms with Crippen molar-refractivity contribution in [1.82, 2.24) is 10.2 Å². The lowest BCUT2D eigenvalue weighted by Gasteiger charge is -2.49. The van der Waals surface area contributed by atoms with Gasteiger partial charge in [0.15, 0.2) is 5.82 Å². The number of anilines is 1. The summed E-state index contributed by atoms with van der Waals surface area (Å²) in [7, 11) is 0. The third-order valence-electron chi connectivity index (χ3n) is 4.53. The molecule has 4 nitrogen and oxygen atoms in total. The Labute approximate surface area is 101 Å². The molecule has 92 valence electrons. The summed E-state index contributed by atoms with van der Waals surface area (Å²) in [6, 6.07) is 1.88. The first kappa shape index (κ1) is 10.8. The normalized spacial score (nSPS) is 22.6.